The van der Waals surface area contributed by atoms with Crippen molar-refractivity contribution in [2.75, 3.05) is 39.4 Å². The lowest BCUT2D eigenvalue weighted by Crippen LogP contribution is -2.21. The topological polar surface area (TPSA) is 150 Å². The van der Waals surface area contributed by atoms with Crippen LogP contribution in [-0.2, 0) is 28.7 Å². The van der Waals surface area contributed by atoms with Gasteiger partial charge in [-0.3, -0.25) is 19.2 Å². The number of Topliss-reactive ketones (excluding diaryl/α,β-unsaturated/α-hetero) is 3. The highest BCUT2D eigenvalue weighted by Crippen LogP contribution is 2.05. The summed E-state index contributed by atoms with van der Waals surface area (Å²) in [7, 11) is 0. The summed E-state index contributed by atoms with van der Waals surface area (Å²) < 4.78 is 8.72. The molecule has 0 aliphatic rings. The zero-order chi connectivity index (χ0) is 32.3. The van der Waals surface area contributed by atoms with Gasteiger partial charge >= 0.3 is 17.2 Å². The number of hydrogen-bond donors (Lipinski definition) is 1. The van der Waals surface area contributed by atoms with Crippen LogP contribution in [0.2, 0.25) is 0 Å². The molecule has 0 radical (unpaired) electrons. The summed E-state index contributed by atoms with van der Waals surface area (Å²) in [6.45, 7) is 13.8. The summed E-state index contributed by atoms with van der Waals surface area (Å²) in [6.07, 6.45) is -0.0752. The average Bonchev–Trinajstić information content (AvgIpc) is 3.02. The Balaban J connectivity index is -0.000000529. The van der Waals surface area contributed by atoms with Crippen LogP contribution in [-0.4, -0.2) is 78.8 Å². The predicted molar refractivity (Wildman–Crippen MR) is 170 cm³/mol. The normalized spacial score (nSPS) is 9.21. The second-order valence-corrected chi connectivity index (χ2v) is 8.38. The van der Waals surface area contributed by atoms with Gasteiger partial charge in [-0.25, -0.2) is 9.59 Å². The molecule has 0 amide bonds. The van der Waals surface area contributed by atoms with Crippen molar-refractivity contribution in [3.05, 3.63) is 71.8 Å². The number of rotatable bonds is 13. The second kappa shape index (κ2) is 28.7. The van der Waals surface area contributed by atoms with E-state index < -0.39 is 23.0 Å². The van der Waals surface area contributed by atoms with Crippen molar-refractivity contribution < 1.29 is 38.2 Å². The number of hydrogen-bond acceptors (Lipinski definition) is 10. The monoisotopic (exact) mass is 642 g/mol. The fourth-order valence-corrected chi connectivity index (χ4v) is 2.96. The highest BCUT2D eigenvalue weighted by molar-refractivity contribution is 6.80. The number of carbonyl (C=O) groups is 6. The van der Waals surface area contributed by atoms with Crippen LogP contribution in [0.15, 0.2) is 60.7 Å². The Morgan fingerprint density at radius 3 is 1.35 bits per heavy atom. The van der Waals surface area contributed by atoms with E-state index in [-0.39, 0.29) is 56.6 Å². The van der Waals surface area contributed by atoms with Gasteiger partial charge in [-0.2, -0.15) is 0 Å². The molecule has 0 fully saturated rings. The Hall–Kier alpha value is -3.44. The van der Waals surface area contributed by atoms with Crippen molar-refractivity contribution >= 4 is 58.5 Å². The molecule has 0 saturated carbocycles. The molecule has 0 aromatic heterocycles. The van der Waals surface area contributed by atoms with Gasteiger partial charge in [0.25, 0.3) is 0 Å². The first kappa shape index (κ1) is 44.0. The molecular formula is C31H44Cl2N2O8. The Kier molecular flexibility index (Phi) is 29.3. The fourth-order valence-electron chi connectivity index (χ4n) is 2.91. The minimum absolute atomic E-state index is 0. The smallest absolute Gasteiger partial charge is 0.391 e. The molecule has 2 N–H and O–H groups in total. The fraction of sp³-hybridized carbons (Fsp3) is 0.419. The number of ketones is 3. The van der Waals surface area contributed by atoms with Crippen molar-refractivity contribution in [3.63, 3.8) is 0 Å². The van der Waals surface area contributed by atoms with Crippen molar-refractivity contribution in [2.24, 2.45) is 5.73 Å². The third-order valence-electron chi connectivity index (χ3n) is 5.24. The van der Waals surface area contributed by atoms with Crippen molar-refractivity contribution in [2.45, 2.75) is 47.5 Å². The van der Waals surface area contributed by atoms with Gasteiger partial charge in [0, 0.05) is 24.0 Å². The van der Waals surface area contributed by atoms with E-state index in [1.807, 2.05) is 18.2 Å². The van der Waals surface area contributed by atoms with Crippen LogP contribution in [0.25, 0.3) is 0 Å². The predicted octanol–water partition coefficient (Wildman–Crippen LogP) is 4.69. The van der Waals surface area contributed by atoms with Crippen LogP contribution in [0.4, 0.5) is 0 Å². The molecule has 0 unspecified atom stereocenters. The number of nitrogens with zero attached hydrogens (tertiary/aromatic N) is 1. The van der Waals surface area contributed by atoms with Crippen LogP contribution in [0.1, 0.15) is 68.2 Å². The lowest BCUT2D eigenvalue weighted by molar-refractivity contribution is -0.153. The molecule has 0 aliphatic carbocycles. The number of esters is 2. The number of ether oxygens (including phenoxy) is 2. The molecule has 10 nitrogen and oxygen atoms in total. The van der Waals surface area contributed by atoms with E-state index in [9.17, 15) is 28.8 Å². The average molecular weight is 644 g/mol. The first-order valence-electron chi connectivity index (χ1n) is 13.7. The van der Waals surface area contributed by atoms with Gasteiger partial charge in [0.05, 0.1) is 19.8 Å². The lowest BCUT2D eigenvalue weighted by Gasteiger charge is -2.13. The maximum atomic E-state index is 11.6. The SMILES string of the molecule is CCN(CC)CC.CCOC(=O)C(=O)CCC(=O)c1ccccc1.CCOC(=O)C(=O)Cl.Cl.NCC(=O)c1ccccc1. The van der Waals surface area contributed by atoms with E-state index in [4.69, 9.17) is 17.3 Å². The number of benzene rings is 2. The molecule has 0 atom stereocenters. The van der Waals surface area contributed by atoms with Crippen LogP contribution in [0.5, 0.6) is 0 Å². The van der Waals surface area contributed by atoms with Crippen molar-refractivity contribution in [1.82, 2.24) is 4.90 Å². The quantitative estimate of drug-likeness (QED) is 0.141. The van der Waals surface area contributed by atoms with Gasteiger partial charge in [-0.15, -0.1) is 12.4 Å². The van der Waals surface area contributed by atoms with E-state index in [0.717, 1.165) is 0 Å². The maximum absolute atomic E-state index is 11.6. The molecule has 12 heteroatoms. The summed E-state index contributed by atoms with van der Waals surface area (Å²) in [5.41, 5.74) is 6.39. The molecule has 2 aromatic rings. The molecule has 240 valence electrons. The van der Waals surface area contributed by atoms with Gasteiger partial charge in [0.1, 0.15) is 0 Å². The molecule has 0 saturated heterocycles. The molecule has 0 aliphatic heterocycles. The first-order valence-corrected chi connectivity index (χ1v) is 14.1. The van der Waals surface area contributed by atoms with Crippen LogP contribution in [0.3, 0.4) is 0 Å². The van der Waals surface area contributed by atoms with E-state index in [1.54, 1.807) is 56.3 Å². The summed E-state index contributed by atoms with van der Waals surface area (Å²) in [6, 6.07) is 17.7. The highest BCUT2D eigenvalue weighted by atomic mass is 35.5. The number of halogens is 2. The molecule has 2 aromatic carbocycles. The Morgan fingerprint density at radius 1 is 0.651 bits per heavy atom. The van der Waals surface area contributed by atoms with Crippen LogP contribution >= 0.6 is 24.0 Å². The van der Waals surface area contributed by atoms with Crippen LogP contribution in [0, 0.1) is 0 Å². The molecule has 0 heterocycles. The molecule has 2 rings (SSSR count). The number of carbonyl (C=O) groups excluding carboxylic acids is 6. The van der Waals surface area contributed by atoms with Gasteiger partial charge in [-0.05, 0) is 45.1 Å². The molecule has 43 heavy (non-hydrogen) atoms. The van der Waals surface area contributed by atoms with E-state index in [0.29, 0.717) is 11.1 Å². The zero-order valence-electron chi connectivity index (χ0n) is 25.5. The first-order chi connectivity index (χ1) is 20.0. The highest BCUT2D eigenvalue weighted by Gasteiger charge is 2.16. The summed E-state index contributed by atoms with van der Waals surface area (Å²) in [5.74, 6) is -2.68. The van der Waals surface area contributed by atoms with Gasteiger partial charge in [0.2, 0.25) is 5.78 Å². The third kappa shape index (κ3) is 22.8. The zero-order valence-corrected chi connectivity index (χ0v) is 27.1. The van der Waals surface area contributed by atoms with E-state index >= 15 is 0 Å². The lowest BCUT2D eigenvalue weighted by atomic mass is 10.1. The Morgan fingerprint density at radius 2 is 1.05 bits per heavy atom. The summed E-state index contributed by atoms with van der Waals surface area (Å²) in [4.78, 5) is 67.0. The van der Waals surface area contributed by atoms with E-state index in [1.165, 1.54) is 19.6 Å². The molecule has 0 bridgehead atoms. The minimum atomic E-state index is -1.08. The van der Waals surface area contributed by atoms with Gasteiger partial charge in [-0.1, -0.05) is 81.4 Å². The summed E-state index contributed by atoms with van der Waals surface area (Å²) in [5, 5.41) is -1.08. The van der Waals surface area contributed by atoms with Gasteiger partial charge < -0.3 is 20.1 Å². The number of nitrogens with two attached hydrogens (primary N) is 1. The van der Waals surface area contributed by atoms with Crippen molar-refractivity contribution in [3.8, 4) is 0 Å². The molecule has 0 spiro atoms. The summed E-state index contributed by atoms with van der Waals surface area (Å²) >= 11 is 4.69. The molecular weight excluding hydrogens is 599 g/mol. The Bertz CT molecular complexity index is 1070. The van der Waals surface area contributed by atoms with Crippen molar-refractivity contribution in [1.29, 1.82) is 0 Å². The second-order valence-electron chi connectivity index (χ2n) is 8.04. The standard InChI is InChI=1S/C13H14O4.C8H9NO.C6H15N.C4H5ClO3.ClH/c1-2-17-13(16)12(15)9-8-11(14)10-6-4-3-5-7-10;9-6-8(10)7-4-2-1-3-5-7;1-4-7(5-2)6-3;1-2-8-4(7)3(5)6;/h3-7H,2,8-9H2,1H3;1-5H,6,9H2;4-6H2,1-3H3;2H2,1H3;1H. The third-order valence-corrected chi connectivity index (χ3v) is 5.39. The minimum Gasteiger partial charge on any atom is -0.460 e. The largest absolute Gasteiger partial charge is 0.460 e. The van der Waals surface area contributed by atoms with E-state index in [2.05, 4.69) is 35.1 Å². The van der Waals surface area contributed by atoms with Crippen LogP contribution < -0.4 is 5.73 Å². The van der Waals surface area contributed by atoms with Gasteiger partial charge in [0.15, 0.2) is 11.6 Å². The Labute approximate surface area is 265 Å². The maximum Gasteiger partial charge on any atom is 0.391 e.